The largest absolute Gasteiger partial charge is 0.328 e. The van der Waals surface area contributed by atoms with Crippen LogP contribution in [0.3, 0.4) is 0 Å². The Morgan fingerprint density at radius 2 is 2.14 bits per heavy atom. The van der Waals surface area contributed by atoms with Gasteiger partial charge in [-0.05, 0) is 24.5 Å². The second-order valence-corrected chi connectivity index (χ2v) is 5.64. The van der Waals surface area contributed by atoms with Crippen LogP contribution in [0, 0.1) is 5.92 Å². The molecule has 0 aliphatic heterocycles. The summed E-state index contributed by atoms with van der Waals surface area (Å²) < 4.78 is 2.18. The van der Waals surface area contributed by atoms with Crippen molar-refractivity contribution in [2.45, 2.75) is 39.3 Å². The van der Waals surface area contributed by atoms with E-state index in [1.807, 2.05) is 18.2 Å². The molecule has 6 nitrogen and oxygen atoms in total. The zero-order chi connectivity index (χ0) is 15.4. The van der Waals surface area contributed by atoms with E-state index in [1.54, 1.807) is 5.48 Å². The van der Waals surface area contributed by atoms with E-state index in [-0.39, 0.29) is 0 Å². The standard InChI is InChI=1S/C15H22N4O2/c1-10(2)9-19-13-6-4-3-5-12(13)17-14(19)8-7-11(16)15(20)18-21/h3-6,10-11,21H,7-9,16H2,1-2H3,(H,18,20). The van der Waals surface area contributed by atoms with Gasteiger partial charge in [0.25, 0.3) is 5.91 Å². The van der Waals surface area contributed by atoms with E-state index in [0.29, 0.717) is 18.8 Å². The molecule has 1 amide bonds. The van der Waals surface area contributed by atoms with Gasteiger partial charge in [0, 0.05) is 13.0 Å². The molecule has 21 heavy (non-hydrogen) atoms. The number of hydrogen-bond donors (Lipinski definition) is 3. The first-order chi connectivity index (χ1) is 10.0. The van der Waals surface area contributed by atoms with E-state index >= 15 is 0 Å². The molecule has 0 radical (unpaired) electrons. The molecule has 0 bridgehead atoms. The van der Waals surface area contributed by atoms with Crippen LogP contribution in [0.5, 0.6) is 0 Å². The summed E-state index contributed by atoms with van der Waals surface area (Å²) in [6.45, 7) is 5.18. The van der Waals surface area contributed by atoms with Gasteiger partial charge in [0.1, 0.15) is 5.82 Å². The van der Waals surface area contributed by atoms with Gasteiger partial charge in [-0.25, -0.2) is 10.5 Å². The van der Waals surface area contributed by atoms with E-state index in [1.165, 1.54) is 0 Å². The van der Waals surface area contributed by atoms with Crippen molar-refractivity contribution < 1.29 is 10.0 Å². The number of hydroxylamine groups is 1. The first-order valence-corrected chi connectivity index (χ1v) is 7.16. The van der Waals surface area contributed by atoms with E-state index in [0.717, 1.165) is 23.4 Å². The van der Waals surface area contributed by atoms with Gasteiger partial charge in [-0.2, -0.15) is 0 Å². The number of nitrogens with one attached hydrogen (secondary N) is 1. The average Bonchev–Trinajstić information content (AvgIpc) is 2.81. The Balaban J connectivity index is 2.23. The van der Waals surface area contributed by atoms with Gasteiger partial charge in [-0.1, -0.05) is 26.0 Å². The van der Waals surface area contributed by atoms with Crippen molar-refractivity contribution in [3.05, 3.63) is 30.1 Å². The molecular weight excluding hydrogens is 268 g/mol. The first-order valence-electron chi connectivity index (χ1n) is 7.16. The van der Waals surface area contributed by atoms with Crippen molar-refractivity contribution in [3.63, 3.8) is 0 Å². The highest BCUT2D eigenvalue weighted by atomic mass is 16.5. The second-order valence-electron chi connectivity index (χ2n) is 5.64. The zero-order valence-corrected chi connectivity index (χ0v) is 12.4. The molecule has 1 heterocycles. The molecule has 4 N–H and O–H groups in total. The van der Waals surface area contributed by atoms with Crippen LogP contribution < -0.4 is 11.2 Å². The quantitative estimate of drug-likeness (QED) is 0.554. The summed E-state index contributed by atoms with van der Waals surface area (Å²) in [7, 11) is 0. The van der Waals surface area contributed by atoms with Crippen LogP contribution in [-0.2, 0) is 17.8 Å². The fraction of sp³-hybridized carbons (Fsp3) is 0.467. The Bertz CT molecular complexity index is 621. The van der Waals surface area contributed by atoms with Crippen LogP contribution in [0.2, 0.25) is 0 Å². The highest BCUT2D eigenvalue weighted by Crippen LogP contribution is 2.19. The van der Waals surface area contributed by atoms with E-state index in [2.05, 4.69) is 29.5 Å². The molecule has 0 saturated heterocycles. The summed E-state index contributed by atoms with van der Waals surface area (Å²) in [6, 6.07) is 7.26. The van der Waals surface area contributed by atoms with E-state index < -0.39 is 11.9 Å². The molecule has 0 aliphatic carbocycles. The maximum atomic E-state index is 11.3. The molecule has 0 aliphatic rings. The highest BCUT2D eigenvalue weighted by molar-refractivity contribution is 5.80. The van der Waals surface area contributed by atoms with Crippen molar-refractivity contribution in [1.82, 2.24) is 15.0 Å². The Morgan fingerprint density at radius 1 is 1.43 bits per heavy atom. The molecule has 1 unspecified atom stereocenters. The molecule has 2 rings (SSSR count). The Labute approximate surface area is 123 Å². The van der Waals surface area contributed by atoms with Crippen LogP contribution in [0.4, 0.5) is 0 Å². The second kappa shape index (κ2) is 6.69. The summed E-state index contributed by atoms with van der Waals surface area (Å²) >= 11 is 0. The number of imidazole rings is 1. The minimum absolute atomic E-state index is 0.438. The average molecular weight is 290 g/mol. The van der Waals surface area contributed by atoms with Crippen LogP contribution in [0.25, 0.3) is 11.0 Å². The van der Waals surface area contributed by atoms with Crippen LogP contribution in [-0.4, -0.2) is 26.7 Å². The molecule has 2 aromatic rings. The van der Waals surface area contributed by atoms with Gasteiger partial charge >= 0.3 is 0 Å². The van der Waals surface area contributed by atoms with E-state index in [4.69, 9.17) is 10.9 Å². The Morgan fingerprint density at radius 3 is 2.81 bits per heavy atom. The SMILES string of the molecule is CC(C)Cn1c(CCC(N)C(=O)NO)nc2ccccc21. The summed E-state index contributed by atoms with van der Waals surface area (Å²) in [6.07, 6.45) is 1.03. The number of para-hydroxylation sites is 2. The zero-order valence-electron chi connectivity index (χ0n) is 12.4. The third-order valence-corrected chi connectivity index (χ3v) is 3.41. The lowest BCUT2D eigenvalue weighted by atomic mass is 10.1. The topological polar surface area (TPSA) is 93.2 Å². The van der Waals surface area contributed by atoms with Crippen molar-refractivity contribution in [2.75, 3.05) is 0 Å². The van der Waals surface area contributed by atoms with Crippen LogP contribution in [0.1, 0.15) is 26.1 Å². The third kappa shape index (κ3) is 3.59. The lowest BCUT2D eigenvalue weighted by Crippen LogP contribution is -2.39. The fourth-order valence-corrected chi connectivity index (χ4v) is 2.38. The predicted octanol–water partition coefficient (Wildman–Crippen LogP) is 1.46. The number of benzene rings is 1. The molecule has 1 aromatic carbocycles. The molecule has 0 spiro atoms. The molecular formula is C15H22N4O2. The molecule has 0 fully saturated rings. The van der Waals surface area contributed by atoms with Gasteiger partial charge in [-0.3, -0.25) is 10.0 Å². The van der Waals surface area contributed by atoms with Crippen molar-refractivity contribution >= 4 is 16.9 Å². The van der Waals surface area contributed by atoms with Gasteiger partial charge in [-0.15, -0.1) is 0 Å². The number of fused-ring (bicyclic) bond motifs is 1. The summed E-state index contributed by atoms with van der Waals surface area (Å²) in [5.74, 6) is 0.850. The van der Waals surface area contributed by atoms with Gasteiger partial charge in [0.05, 0.1) is 17.1 Å². The maximum Gasteiger partial charge on any atom is 0.260 e. The Kier molecular flexibility index (Phi) is 4.93. The van der Waals surface area contributed by atoms with Crippen LogP contribution >= 0.6 is 0 Å². The number of aryl methyl sites for hydroxylation is 1. The summed E-state index contributed by atoms with van der Waals surface area (Å²) in [5.41, 5.74) is 9.35. The Hall–Kier alpha value is -1.92. The van der Waals surface area contributed by atoms with Crippen molar-refractivity contribution in [1.29, 1.82) is 0 Å². The third-order valence-electron chi connectivity index (χ3n) is 3.41. The number of carbonyl (C=O) groups is 1. The van der Waals surface area contributed by atoms with Gasteiger partial charge < -0.3 is 10.3 Å². The number of rotatable bonds is 6. The lowest BCUT2D eigenvalue weighted by Gasteiger charge is -2.13. The first kappa shape index (κ1) is 15.5. The van der Waals surface area contributed by atoms with Gasteiger partial charge in [0.2, 0.25) is 0 Å². The maximum absolute atomic E-state index is 11.3. The molecule has 1 atom stereocenters. The van der Waals surface area contributed by atoms with Crippen LogP contribution in [0.15, 0.2) is 24.3 Å². The number of nitrogens with zero attached hydrogens (tertiary/aromatic N) is 2. The number of nitrogens with two attached hydrogens (primary N) is 1. The van der Waals surface area contributed by atoms with Crippen molar-refractivity contribution in [2.24, 2.45) is 11.7 Å². The molecule has 0 saturated carbocycles. The summed E-state index contributed by atoms with van der Waals surface area (Å²) in [5, 5.41) is 8.59. The number of carbonyl (C=O) groups excluding carboxylic acids is 1. The fourth-order valence-electron chi connectivity index (χ4n) is 2.38. The van der Waals surface area contributed by atoms with E-state index in [9.17, 15) is 4.79 Å². The highest BCUT2D eigenvalue weighted by Gasteiger charge is 2.16. The number of aromatic nitrogens is 2. The lowest BCUT2D eigenvalue weighted by molar-refractivity contribution is -0.130. The van der Waals surface area contributed by atoms with Crippen molar-refractivity contribution in [3.8, 4) is 0 Å². The molecule has 6 heteroatoms. The normalized spacial score (nSPS) is 12.8. The van der Waals surface area contributed by atoms with Gasteiger partial charge in [0.15, 0.2) is 0 Å². The molecule has 1 aromatic heterocycles. The number of hydrogen-bond acceptors (Lipinski definition) is 4. The molecule has 114 valence electrons. The smallest absolute Gasteiger partial charge is 0.260 e. The summed E-state index contributed by atoms with van der Waals surface area (Å²) in [4.78, 5) is 15.9. The monoisotopic (exact) mass is 290 g/mol. The number of amides is 1. The minimum atomic E-state index is -0.734. The predicted molar refractivity (Wildman–Crippen MR) is 80.8 cm³/mol. The minimum Gasteiger partial charge on any atom is -0.328 e.